The second-order valence-electron chi connectivity index (χ2n) is 2.51. The molecule has 0 aromatic carbocycles. The molecule has 0 atom stereocenters. The fourth-order valence-corrected chi connectivity index (χ4v) is 1.13. The fraction of sp³-hybridized carbons (Fsp3) is 0.625. The van der Waals surface area contributed by atoms with Gasteiger partial charge in [-0.25, -0.2) is 0 Å². The van der Waals surface area contributed by atoms with Gasteiger partial charge >= 0.3 is 0 Å². The lowest BCUT2D eigenvalue weighted by Crippen LogP contribution is -1.97. The van der Waals surface area contributed by atoms with E-state index in [-0.39, 0.29) is 0 Å². The van der Waals surface area contributed by atoms with Gasteiger partial charge in [0.2, 0.25) is 0 Å². The molecule has 3 heteroatoms. The molecule has 0 saturated carbocycles. The Labute approximate surface area is 67.2 Å². The zero-order valence-electron chi connectivity index (χ0n) is 7.17. The van der Waals surface area contributed by atoms with Crippen LogP contribution in [0.2, 0.25) is 0 Å². The molecule has 11 heavy (non-hydrogen) atoms. The Kier molecular flexibility index (Phi) is 2.65. The Balaban J connectivity index is 2.92. The predicted molar refractivity (Wildman–Crippen MR) is 45.2 cm³/mol. The number of hydrogen-bond donors (Lipinski definition) is 1. The fourth-order valence-electron chi connectivity index (χ4n) is 1.13. The average Bonchev–Trinajstić information content (AvgIpc) is 2.46. The van der Waals surface area contributed by atoms with E-state index in [1.54, 1.807) is 0 Å². The number of aromatic nitrogens is 2. The first-order valence-corrected chi connectivity index (χ1v) is 4.07. The Morgan fingerprint density at radius 2 is 2.27 bits per heavy atom. The van der Waals surface area contributed by atoms with Crippen LogP contribution in [-0.2, 0) is 19.5 Å². The topological polar surface area (TPSA) is 43.8 Å². The Bertz CT molecular complexity index is 206. The molecule has 0 radical (unpaired) electrons. The summed E-state index contributed by atoms with van der Waals surface area (Å²) in [6, 6.07) is 0. The number of nitrogens with zero attached hydrogens (tertiary/aromatic N) is 2. The molecule has 0 bridgehead atoms. The van der Waals surface area contributed by atoms with Gasteiger partial charge in [0.1, 0.15) is 0 Å². The van der Waals surface area contributed by atoms with E-state index in [9.17, 15) is 0 Å². The number of nitrogens with two attached hydrogens (primary N) is 1. The van der Waals surface area contributed by atoms with Crippen molar-refractivity contribution in [3.05, 3.63) is 17.5 Å². The third kappa shape index (κ3) is 1.60. The summed E-state index contributed by atoms with van der Waals surface area (Å²) in [5.74, 6) is 0. The maximum atomic E-state index is 5.54. The van der Waals surface area contributed by atoms with E-state index in [2.05, 4.69) is 18.9 Å². The van der Waals surface area contributed by atoms with E-state index < -0.39 is 0 Å². The van der Waals surface area contributed by atoms with Gasteiger partial charge in [-0.05, 0) is 13.3 Å². The van der Waals surface area contributed by atoms with Crippen LogP contribution in [-0.4, -0.2) is 9.78 Å². The normalized spacial score (nSPS) is 10.5. The molecule has 1 aromatic rings. The van der Waals surface area contributed by atoms with Crippen molar-refractivity contribution in [3.8, 4) is 0 Å². The first-order valence-electron chi connectivity index (χ1n) is 4.07. The number of hydrogen-bond acceptors (Lipinski definition) is 2. The van der Waals surface area contributed by atoms with Crippen molar-refractivity contribution >= 4 is 0 Å². The van der Waals surface area contributed by atoms with E-state index in [1.165, 1.54) is 5.56 Å². The standard InChI is InChI=1S/C8H15N3/c1-3-8-7(5-9)6-11(4-2)10-8/h6H,3-5,9H2,1-2H3. The average molecular weight is 153 g/mol. The van der Waals surface area contributed by atoms with Crippen molar-refractivity contribution in [3.63, 3.8) is 0 Å². The number of aryl methyl sites for hydroxylation is 2. The van der Waals surface area contributed by atoms with E-state index in [0.717, 1.165) is 18.7 Å². The van der Waals surface area contributed by atoms with Crippen LogP contribution in [0.3, 0.4) is 0 Å². The van der Waals surface area contributed by atoms with Crippen molar-refractivity contribution in [2.75, 3.05) is 0 Å². The van der Waals surface area contributed by atoms with Crippen LogP contribution in [0.25, 0.3) is 0 Å². The molecule has 1 heterocycles. The van der Waals surface area contributed by atoms with Gasteiger partial charge in [-0.15, -0.1) is 0 Å². The molecule has 3 nitrogen and oxygen atoms in total. The first-order chi connectivity index (χ1) is 5.31. The third-order valence-electron chi connectivity index (χ3n) is 1.80. The largest absolute Gasteiger partial charge is 0.326 e. The van der Waals surface area contributed by atoms with Crippen molar-refractivity contribution in [2.24, 2.45) is 5.73 Å². The van der Waals surface area contributed by atoms with E-state index in [0.29, 0.717) is 6.54 Å². The minimum Gasteiger partial charge on any atom is -0.326 e. The smallest absolute Gasteiger partial charge is 0.0666 e. The van der Waals surface area contributed by atoms with Gasteiger partial charge in [-0.3, -0.25) is 4.68 Å². The molecule has 2 N–H and O–H groups in total. The molecule has 0 saturated heterocycles. The summed E-state index contributed by atoms with van der Waals surface area (Å²) in [4.78, 5) is 0. The maximum Gasteiger partial charge on any atom is 0.0666 e. The molecule has 0 aliphatic rings. The van der Waals surface area contributed by atoms with Crippen LogP contribution in [0.1, 0.15) is 25.1 Å². The van der Waals surface area contributed by atoms with Crippen LogP contribution in [0, 0.1) is 0 Å². The highest BCUT2D eigenvalue weighted by molar-refractivity contribution is 5.16. The second-order valence-corrected chi connectivity index (χ2v) is 2.51. The summed E-state index contributed by atoms with van der Waals surface area (Å²) in [6.07, 6.45) is 3.00. The molecule has 0 aliphatic heterocycles. The van der Waals surface area contributed by atoms with Gasteiger partial charge in [-0.1, -0.05) is 6.92 Å². The van der Waals surface area contributed by atoms with Crippen LogP contribution in [0.15, 0.2) is 6.20 Å². The Hall–Kier alpha value is -0.830. The van der Waals surface area contributed by atoms with Gasteiger partial charge in [-0.2, -0.15) is 5.10 Å². The molecular formula is C8H15N3. The minimum atomic E-state index is 0.600. The minimum absolute atomic E-state index is 0.600. The lowest BCUT2D eigenvalue weighted by Gasteiger charge is -1.91. The molecule has 62 valence electrons. The van der Waals surface area contributed by atoms with Crippen molar-refractivity contribution < 1.29 is 0 Å². The monoisotopic (exact) mass is 153 g/mol. The lowest BCUT2D eigenvalue weighted by atomic mass is 10.2. The molecule has 0 fully saturated rings. The van der Waals surface area contributed by atoms with Crippen LogP contribution in [0.4, 0.5) is 0 Å². The van der Waals surface area contributed by atoms with Gasteiger partial charge in [0, 0.05) is 24.8 Å². The maximum absolute atomic E-state index is 5.54. The molecular weight excluding hydrogens is 138 g/mol. The summed E-state index contributed by atoms with van der Waals surface area (Å²) in [5.41, 5.74) is 7.85. The van der Waals surface area contributed by atoms with E-state index in [4.69, 9.17) is 5.73 Å². The van der Waals surface area contributed by atoms with Crippen LogP contribution in [0.5, 0.6) is 0 Å². The lowest BCUT2D eigenvalue weighted by molar-refractivity contribution is 0.648. The summed E-state index contributed by atoms with van der Waals surface area (Å²) >= 11 is 0. The second kappa shape index (κ2) is 3.53. The summed E-state index contributed by atoms with van der Waals surface area (Å²) in [7, 11) is 0. The molecule has 1 aromatic heterocycles. The quantitative estimate of drug-likeness (QED) is 0.702. The predicted octanol–water partition coefficient (Wildman–Crippen LogP) is 0.924. The first kappa shape index (κ1) is 8.27. The molecule has 0 aliphatic carbocycles. The van der Waals surface area contributed by atoms with E-state index >= 15 is 0 Å². The van der Waals surface area contributed by atoms with Crippen LogP contribution >= 0.6 is 0 Å². The van der Waals surface area contributed by atoms with Gasteiger partial charge in [0.05, 0.1) is 5.69 Å². The highest BCUT2D eigenvalue weighted by atomic mass is 15.3. The summed E-state index contributed by atoms with van der Waals surface area (Å²) < 4.78 is 1.93. The van der Waals surface area contributed by atoms with Crippen molar-refractivity contribution in [1.82, 2.24) is 9.78 Å². The van der Waals surface area contributed by atoms with E-state index in [1.807, 2.05) is 10.9 Å². The molecule has 0 amide bonds. The molecule has 0 spiro atoms. The van der Waals surface area contributed by atoms with Gasteiger partial charge < -0.3 is 5.73 Å². The van der Waals surface area contributed by atoms with Gasteiger partial charge in [0.25, 0.3) is 0 Å². The zero-order valence-corrected chi connectivity index (χ0v) is 7.17. The highest BCUT2D eigenvalue weighted by Crippen LogP contribution is 2.06. The summed E-state index contributed by atoms with van der Waals surface area (Å²) in [5, 5.41) is 4.35. The molecule has 1 rings (SSSR count). The third-order valence-corrected chi connectivity index (χ3v) is 1.80. The van der Waals surface area contributed by atoms with Crippen LogP contribution < -0.4 is 5.73 Å². The highest BCUT2D eigenvalue weighted by Gasteiger charge is 2.03. The zero-order chi connectivity index (χ0) is 8.27. The number of rotatable bonds is 3. The Morgan fingerprint density at radius 3 is 2.64 bits per heavy atom. The SMILES string of the molecule is CCc1nn(CC)cc1CN. The molecule has 0 unspecified atom stereocenters. The Morgan fingerprint density at radius 1 is 1.55 bits per heavy atom. The summed E-state index contributed by atoms with van der Waals surface area (Å²) in [6.45, 7) is 5.70. The van der Waals surface area contributed by atoms with Crippen molar-refractivity contribution in [1.29, 1.82) is 0 Å². The van der Waals surface area contributed by atoms with Gasteiger partial charge in [0.15, 0.2) is 0 Å². The van der Waals surface area contributed by atoms with Crippen molar-refractivity contribution in [2.45, 2.75) is 33.4 Å².